The molecule has 0 aromatic carbocycles. The van der Waals surface area contributed by atoms with Gasteiger partial charge < -0.3 is 14.6 Å². The minimum Gasteiger partial charge on any atom is -0.467 e. The van der Waals surface area contributed by atoms with Crippen LogP contribution in [-0.2, 0) is 14.3 Å². The molecule has 0 aromatic rings. The molecule has 1 atom stereocenters. The van der Waals surface area contributed by atoms with E-state index in [1.807, 2.05) is 4.90 Å². The third-order valence-electron chi connectivity index (χ3n) is 2.23. The van der Waals surface area contributed by atoms with E-state index in [0.717, 1.165) is 6.54 Å². The Morgan fingerprint density at radius 3 is 2.87 bits per heavy atom. The molecule has 1 fully saturated rings. The topological polar surface area (TPSA) is 59.0 Å². The van der Waals surface area contributed by atoms with Crippen LogP contribution in [0.15, 0.2) is 0 Å². The molecule has 0 saturated carbocycles. The molecule has 88 valence electrons. The number of morpholine rings is 1. The molecule has 1 aliphatic heterocycles. The van der Waals surface area contributed by atoms with Gasteiger partial charge in [0.2, 0.25) is 0 Å². The monoisotopic (exact) mass is 217 g/mol. The van der Waals surface area contributed by atoms with E-state index in [4.69, 9.17) is 4.74 Å². The summed E-state index contributed by atoms with van der Waals surface area (Å²) in [6, 6.07) is 0. The summed E-state index contributed by atoms with van der Waals surface area (Å²) in [4.78, 5) is 13.2. The summed E-state index contributed by atoms with van der Waals surface area (Å²) >= 11 is 0. The molecule has 5 heteroatoms. The first kappa shape index (κ1) is 12.4. The number of nitrogens with zero attached hydrogens (tertiary/aromatic N) is 1. The van der Waals surface area contributed by atoms with Gasteiger partial charge >= 0.3 is 5.97 Å². The lowest BCUT2D eigenvalue weighted by atomic mass is 10.1. The van der Waals surface area contributed by atoms with E-state index in [9.17, 15) is 9.90 Å². The highest BCUT2D eigenvalue weighted by Gasteiger charge is 2.29. The van der Waals surface area contributed by atoms with Gasteiger partial charge in [0, 0.05) is 19.6 Å². The molecule has 0 amide bonds. The Hall–Kier alpha value is -0.650. The van der Waals surface area contributed by atoms with E-state index in [2.05, 4.69) is 4.74 Å². The highest BCUT2D eigenvalue weighted by Crippen LogP contribution is 2.11. The first-order valence-electron chi connectivity index (χ1n) is 5.06. The molecular weight excluding hydrogens is 198 g/mol. The normalized spacial score (nSPS) is 23.9. The zero-order chi connectivity index (χ0) is 11.5. The van der Waals surface area contributed by atoms with Crippen LogP contribution in [0.4, 0.5) is 0 Å². The summed E-state index contributed by atoms with van der Waals surface area (Å²) in [6.45, 7) is 5.74. The van der Waals surface area contributed by atoms with Crippen molar-refractivity contribution in [2.24, 2.45) is 0 Å². The predicted octanol–water partition coefficient (Wildman–Crippen LogP) is -0.369. The van der Waals surface area contributed by atoms with Gasteiger partial charge in [0.25, 0.3) is 0 Å². The number of methoxy groups -OCH3 is 1. The van der Waals surface area contributed by atoms with Gasteiger partial charge in [-0.05, 0) is 13.8 Å². The molecule has 0 bridgehead atoms. The molecule has 15 heavy (non-hydrogen) atoms. The van der Waals surface area contributed by atoms with Crippen LogP contribution in [0.3, 0.4) is 0 Å². The lowest BCUT2D eigenvalue weighted by Crippen LogP contribution is -2.50. The van der Waals surface area contributed by atoms with Crippen molar-refractivity contribution >= 4 is 5.97 Å². The first-order valence-corrected chi connectivity index (χ1v) is 5.06. The molecule has 1 heterocycles. The fraction of sp³-hybridized carbons (Fsp3) is 0.900. The average molecular weight is 217 g/mol. The zero-order valence-electron chi connectivity index (χ0n) is 9.52. The first-order chi connectivity index (χ1) is 6.92. The summed E-state index contributed by atoms with van der Waals surface area (Å²) < 4.78 is 9.89. The molecule has 1 N–H and O–H groups in total. The summed E-state index contributed by atoms with van der Waals surface area (Å²) in [5.74, 6) is -0.351. The Bertz CT molecular complexity index is 224. The Balaban J connectivity index is 2.46. The molecule has 1 rings (SSSR count). The second kappa shape index (κ2) is 4.92. The summed E-state index contributed by atoms with van der Waals surface area (Å²) in [6.07, 6.45) is -0.522. The molecule has 0 radical (unpaired) electrons. The van der Waals surface area contributed by atoms with Crippen LogP contribution >= 0.6 is 0 Å². The Labute approximate surface area is 90.0 Å². The van der Waals surface area contributed by atoms with Crippen LogP contribution in [0.2, 0.25) is 0 Å². The highest BCUT2D eigenvalue weighted by molar-refractivity contribution is 5.74. The zero-order valence-corrected chi connectivity index (χ0v) is 9.52. The van der Waals surface area contributed by atoms with Crippen LogP contribution in [0.5, 0.6) is 0 Å². The van der Waals surface area contributed by atoms with Gasteiger partial charge in [-0.1, -0.05) is 0 Å². The lowest BCUT2D eigenvalue weighted by Gasteiger charge is -2.34. The van der Waals surface area contributed by atoms with E-state index < -0.39 is 11.7 Å². The van der Waals surface area contributed by atoms with E-state index in [1.54, 1.807) is 13.8 Å². The molecule has 5 nitrogen and oxygen atoms in total. The van der Waals surface area contributed by atoms with Gasteiger partial charge in [0.05, 0.1) is 19.3 Å². The third-order valence-corrected chi connectivity index (χ3v) is 2.23. The largest absolute Gasteiger partial charge is 0.467 e. The van der Waals surface area contributed by atoms with Gasteiger partial charge in [0.1, 0.15) is 0 Å². The second-order valence-corrected chi connectivity index (χ2v) is 4.43. The molecule has 1 saturated heterocycles. The van der Waals surface area contributed by atoms with Crippen LogP contribution in [0.25, 0.3) is 0 Å². The minimum absolute atomic E-state index is 0.351. The van der Waals surface area contributed by atoms with E-state index >= 15 is 0 Å². The van der Waals surface area contributed by atoms with Crippen LogP contribution in [0, 0.1) is 0 Å². The number of rotatable bonds is 3. The number of β-amino-alcohol motifs (C(OH)–C–C–N with tert-alkyl or cyclic N) is 1. The Morgan fingerprint density at radius 2 is 2.33 bits per heavy atom. The summed E-state index contributed by atoms with van der Waals surface area (Å²) in [5.41, 5.74) is -0.752. The molecule has 0 spiro atoms. The van der Waals surface area contributed by atoms with Gasteiger partial charge in [0.15, 0.2) is 6.10 Å². The average Bonchev–Trinajstić information content (AvgIpc) is 2.14. The van der Waals surface area contributed by atoms with Crippen LogP contribution in [0.1, 0.15) is 13.8 Å². The van der Waals surface area contributed by atoms with E-state index in [-0.39, 0.29) is 5.97 Å². The number of carbonyl (C=O) groups excluding carboxylic acids is 1. The molecule has 1 unspecified atom stereocenters. The van der Waals surface area contributed by atoms with Crippen molar-refractivity contribution in [2.45, 2.75) is 25.6 Å². The van der Waals surface area contributed by atoms with Gasteiger partial charge in [-0.3, -0.25) is 4.90 Å². The summed E-state index contributed by atoms with van der Waals surface area (Å²) in [7, 11) is 1.35. The maximum absolute atomic E-state index is 11.2. The number of aliphatic hydroxyl groups is 1. The van der Waals surface area contributed by atoms with E-state index in [1.165, 1.54) is 7.11 Å². The smallest absolute Gasteiger partial charge is 0.336 e. The van der Waals surface area contributed by atoms with Crippen molar-refractivity contribution in [3.8, 4) is 0 Å². The van der Waals surface area contributed by atoms with Crippen molar-refractivity contribution in [3.63, 3.8) is 0 Å². The summed E-state index contributed by atoms with van der Waals surface area (Å²) in [5, 5.41) is 9.65. The Morgan fingerprint density at radius 1 is 1.67 bits per heavy atom. The quantitative estimate of drug-likeness (QED) is 0.654. The number of hydrogen-bond acceptors (Lipinski definition) is 5. The van der Waals surface area contributed by atoms with Crippen molar-refractivity contribution < 1.29 is 19.4 Å². The van der Waals surface area contributed by atoms with Crippen LogP contribution in [-0.4, -0.2) is 61.0 Å². The number of carbonyl (C=O) groups is 1. The Kier molecular flexibility index (Phi) is 4.07. The maximum atomic E-state index is 11.2. The maximum Gasteiger partial charge on any atom is 0.336 e. The van der Waals surface area contributed by atoms with Gasteiger partial charge in [-0.2, -0.15) is 0 Å². The fourth-order valence-electron chi connectivity index (χ4n) is 1.67. The number of ether oxygens (including phenoxy) is 2. The fourth-order valence-corrected chi connectivity index (χ4v) is 1.67. The number of hydrogen-bond donors (Lipinski definition) is 1. The standard InChI is InChI=1S/C10H19NO4/c1-10(2,13)7-11-4-5-15-8(6-11)9(12)14-3/h8,13H,4-7H2,1-3H3. The molecular formula is C10H19NO4. The lowest BCUT2D eigenvalue weighted by molar-refractivity contribution is -0.161. The van der Waals surface area contributed by atoms with E-state index in [0.29, 0.717) is 19.7 Å². The third kappa shape index (κ3) is 4.15. The van der Waals surface area contributed by atoms with Gasteiger partial charge in [-0.15, -0.1) is 0 Å². The SMILES string of the molecule is COC(=O)C1CN(CC(C)(C)O)CCO1. The van der Waals surface area contributed by atoms with Crippen molar-refractivity contribution in [1.29, 1.82) is 0 Å². The molecule has 0 aromatic heterocycles. The van der Waals surface area contributed by atoms with Crippen molar-refractivity contribution in [1.82, 2.24) is 4.90 Å². The number of esters is 1. The van der Waals surface area contributed by atoms with Crippen molar-refractivity contribution in [3.05, 3.63) is 0 Å². The molecule has 0 aliphatic carbocycles. The van der Waals surface area contributed by atoms with Crippen LogP contribution < -0.4 is 0 Å². The second-order valence-electron chi connectivity index (χ2n) is 4.43. The van der Waals surface area contributed by atoms with Crippen molar-refractivity contribution in [2.75, 3.05) is 33.4 Å². The van der Waals surface area contributed by atoms with Gasteiger partial charge in [-0.25, -0.2) is 4.79 Å². The predicted molar refractivity (Wildman–Crippen MR) is 54.5 cm³/mol. The highest BCUT2D eigenvalue weighted by atomic mass is 16.6. The molecule has 1 aliphatic rings. The minimum atomic E-state index is -0.752.